The van der Waals surface area contributed by atoms with Gasteiger partial charge in [-0.25, -0.2) is 0 Å². The summed E-state index contributed by atoms with van der Waals surface area (Å²) < 4.78 is 10.8. The van der Waals surface area contributed by atoms with E-state index in [2.05, 4.69) is 34.9 Å². The molecule has 172 valence electrons. The predicted molar refractivity (Wildman–Crippen MR) is 118 cm³/mol. The van der Waals surface area contributed by atoms with Crippen LogP contribution in [0.4, 0.5) is 0 Å². The van der Waals surface area contributed by atoms with E-state index in [1.807, 2.05) is 0 Å². The maximum atomic E-state index is 12.1. The van der Waals surface area contributed by atoms with E-state index in [4.69, 9.17) is 9.47 Å². The molecule has 2 rings (SSSR count). The van der Waals surface area contributed by atoms with E-state index in [1.54, 1.807) is 4.90 Å². The molecule has 1 aliphatic heterocycles. The lowest BCUT2D eigenvalue weighted by molar-refractivity contribution is -0.140. The lowest BCUT2D eigenvalue weighted by Gasteiger charge is -2.26. The summed E-state index contributed by atoms with van der Waals surface area (Å²) in [6, 6.07) is 8.42. The molecule has 1 heterocycles. The van der Waals surface area contributed by atoms with Crippen LogP contribution < -0.4 is 10.6 Å². The fourth-order valence-corrected chi connectivity index (χ4v) is 3.49. The van der Waals surface area contributed by atoms with Gasteiger partial charge in [0.2, 0.25) is 5.91 Å². The molecule has 8 nitrogen and oxygen atoms in total. The summed E-state index contributed by atoms with van der Waals surface area (Å²) in [6.45, 7) is 3.72. The Bertz CT molecular complexity index is 704. The van der Waals surface area contributed by atoms with Gasteiger partial charge in [0.1, 0.15) is 6.61 Å². The zero-order valence-corrected chi connectivity index (χ0v) is 18.5. The minimum Gasteiger partial charge on any atom is -0.378 e. The van der Waals surface area contributed by atoms with Gasteiger partial charge >= 0.3 is 11.8 Å². The van der Waals surface area contributed by atoms with Crippen molar-refractivity contribution in [1.82, 2.24) is 15.5 Å². The van der Waals surface area contributed by atoms with E-state index in [0.29, 0.717) is 39.5 Å². The van der Waals surface area contributed by atoms with Gasteiger partial charge in [0, 0.05) is 33.3 Å². The first kappa shape index (κ1) is 24.8. The number of amides is 3. The van der Waals surface area contributed by atoms with Crippen LogP contribution in [0.1, 0.15) is 36.8 Å². The van der Waals surface area contributed by atoms with E-state index in [-0.39, 0.29) is 12.5 Å². The number of nitrogens with zero attached hydrogens (tertiary/aromatic N) is 1. The Morgan fingerprint density at radius 2 is 1.65 bits per heavy atom. The van der Waals surface area contributed by atoms with E-state index >= 15 is 0 Å². The van der Waals surface area contributed by atoms with Crippen LogP contribution in [0.15, 0.2) is 24.3 Å². The van der Waals surface area contributed by atoms with E-state index < -0.39 is 11.8 Å². The Labute approximate surface area is 184 Å². The van der Waals surface area contributed by atoms with Gasteiger partial charge < -0.3 is 25.0 Å². The molecular weight excluding hydrogens is 398 g/mol. The molecule has 3 amide bonds. The van der Waals surface area contributed by atoms with Crippen LogP contribution in [-0.2, 0) is 36.7 Å². The second-order valence-electron chi connectivity index (χ2n) is 7.56. The maximum absolute atomic E-state index is 12.1. The van der Waals surface area contributed by atoms with Crippen molar-refractivity contribution in [2.45, 2.75) is 38.5 Å². The summed E-state index contributed by atoms with van der Waals surface area (Å²) in [7, 11) is 1.44. The number of aryl methyl sites for hydroxylation is 2. The van der Waals surface area contributed by atoms with Crippen molar-refractivity contribution in [3.05, 3.63) is 35.4 Å². The molecule has 0 aromatic heterocycles. The lowest BCUT2D eigenvalue weighted by Crippen LogP contribution is -2.42. The molecule has 0 saturated carbocycles. The number of likely N-dealkylation sites (N-methyl/N-ethyl adjacent to an activating group) is 1. The number of carbonyl (C=O) groups is 3. The molecule has 0 bridgehead atoms. The van der Waals surface area contributed by atoms with Crippen molar-refractivity contribution < 1.29 is 23.9 Å². The Morgan fingerprint density at radius 3 is 2.32 bits per heavy atom. The molecule has 31 heavy (non-hydrogen) atoms. The number of rotatable bonds is 12. The quantitative estimate of drug-likeness (QED) is 0.380. The SMILES string of the molecule is CNC(=O)C(=O)NCCCCCc1ccccc1CCCOCC(=O)N1CCOCC1. The zero-order valence-electron chi connectivity index (χ0n) is 18.5. The molecular formula is C23H35N3O5. The van der Waals surface area contributed by atoms with E-state index in [9.17, 15) is 14.4 Å². The number of carbonyl (C=O) groups excluding carboxylic acids is 3. The number of hydrogen-bond acceptors (Lipinski definition) is 5. The molecule has 0 aliphatic carbocycles. The molecule has 1 fully saturated rings. The third-order valence-corrected chi connectivity index (χ3v) is 5.28. The van der Waals surface area contributed by atoms with Gasteiger partial charge in [0.15, 0.2) is 0 Å². The highest BCUT2D eigenvalue weighted by molar-refractivity contribution is 6.34. The summed E-state index contributed by atoms with van der Waals surface area (Å²) in [5.74, 6) is -1.15. The van der Waals surface area contributed by atoms with Crippen LogP contribution in [0.25, 0.3) is 0 Å². The normalized spacial score (nSPS) is 13.6. The van der Waals surface area contributed by atoms with Crippen LogP contribution in [0.3, 0.4) is 0 Å². The van der Waals surface area contributed by atoms with Gasteiger partial charge in [0.05, 0.1) is 13.2 Å². The summed E-state index contributed by atoms with van der Waals surface area (Å²) in [5, 5.41) is 4.92. The number of unbranched alkanes of at least 4 members (excludes halogenated alkanes) is 2. The van der Waals surface area contributed by atoms with Gasteiger partial charge in [0.25, 0.3) is 0 Å². The second-order valence-corrected chi connectivity index (χ2v) is 7.56. The molecule has 2 N–H and O–H groups in total. The van der Waals surface area contributed by atoms with Gasteiger partial charge in [-0.3, -0.25) is 14.4 Å². The summed E-state index contributed by atoms with van der Waals surface area (Å²) >= 11 is 0. The fraction of sp³-hybridized carbons (Fsp3) is 0.609. The summed E-state index contributed by atoms with van der Waals surface area (Å²) in [5.41, 5.74) is 2.65. The third kappa shape index (κ3) is 9.48. The first-order valence-corrected chi connectivity index (χ1v) is 11.1. The van der Waals surface area contributed by atoms with Gasteiger partial charge in [-0.1, -0.05) is 30.7 Å². The molecule has 0 unspecified atom stereocenters. The number of morpholine rings is 1. The largest absolute Gasteiger partial charge is 0.378 e. The average molecular weight is 434 g/mol. The maximum Gasteiger partial charge on any atom is 0.309 e. The Hall–Kier alpha value is -2.45. The second kappa shape index (κ2) is 14.5. The van der Waals surface area contributed by atoms with Crippen molar-refractivity contribution in [3.63, 3.8) is 0 Å². The van der Waals surface area contributed by atoms with Crippen LogP contribution >= 0.6 is 0 Å². The van der Waals surface area contributed by atoms with Crippen LogP contribution in [0, 0.1) is 0 Å². The minimum atomic E-state index is -0.608. The topological polar surface area (TPSA) is 97.0 Å². The van der Waals surface area contributed by atoms with Crippen molar-refractivity contribution in [2.24, 2.45) is 0 Å². The van der Waals surface area contributed by atoms with E-state index in [0.717, 1.165) is 38.5 Å². The van der Waals surface area contributed by atoms with Gasteiger partial charge in [-0.05, 0) is 43.2 Å². The molecule has 0 atom stereocenters. The Balaban J connectivity index is 1.59. The number of hydrogen-bond donors (Lipinski definition) is 2. The predicted octanol–water partition coefficient (Wildman–Crippen LogP) is 1.07. The van der Waals surface area contributed by atoms with Crippen LogP contribution in [-0.4, -0.2) is 75.7 Å². The molecule has 1 saturated heterocycles. The van der Waals surface area contributed by atoms with Crippen LogP contribution in [0.5, 0.6) is 0 Å². The minimum absolute atomic E-state index is 0.0372. The molecule has 1 aromatic carbocycles. The number of nitrogens with one attached hydrogen (secondary N) is 2. The molecule has 8 heteroatoms. The molecule has 0 spiro atoms. The zero-order chi connectivity index (χ0) is 22.3. The average Bonchev–Trinajstić information content (AvgIpc) is 2.81. The van der Waals surface area contributed by atoms with Crippen molar-refractivity contribution in [3.8, 4) is 0 Å². The summed E-state index contributed by atoms with van der Waals surface area (Å²) in [4.78, 5) is 36.4. The monoisotopic (exact) mass is 433 g/mol. The molecule has 1 aromatic rings. The smallest absolute Gasteiger partial charge is 0.309 e. The first-order chi connectivity index (χ1) is 15.1. The van der Waals surface area contributed by atoms with E-state index in [1.165, 1.54) is 18.2 Å². The highest BCUT2D eigenvalue weighted by atomic mass is 16.5. The highest BCUT2D eigenvalue weighted by Gasteiger charge is 2.16. The van der Waals surface area contributed by atoms with Crippen molar-refractivity contribution >= 4 is 17.7 Å². The molecule has 1 aliphatic rings. The standard InChI is InChI=1S/C23H35N3O5/c1-24-22(28)23(29)25-12-6-2-3-8-19-9-4-5-10-20(19)11-7-15-31-18-21(27)26-13-16-30-17-14-26/h4-5,9-10H,2-3,6-8,11-18H2,1H3,(H,24,28)(H,25,29). The van der Waals surface area contributed by atoms with Gasteiger partial charge in [-0.15, -0.1) is 0 Å². The lowest BCUT2D eigenvalue weighted by atomic mass is 9.98. The number of ether oxygens (including phenoxy) is 2. The summed E-state index contributed by atoms with van der Waals surface area (Å²) in [6.07, 6.45) is 5.63. The van der Waals surface area contributed by atoms with Crippen molar-refractivity contribution in [2.75, 3.05) is 53.1 Å². The molecule has 0 radical (unpaired) electrons. The van der Waals surface area contributed by atoms with Crippen LogP contribution in [0.2, 0.25) is 0 Å². The third-order valence-electron chi connectivity index (χ3n) is 5.28. The van der Waals surface area contributed by atoms with Crippen molar-refractivity contribution in [1.29, 1.82) is 0 Å². The Morgan fingerprint density at radius 1 is 0.968 bits per heavy atom. The van der Waals surface area contributed by atoms with Gasteiger partial charge in [-0.2, -0.15) is 0 Å². The fourth-order valence-electron chi connectivity index (χ4n) is 3.49. The number of benzene rings is 1. The highest BCUT2D eigenvalue weighted by Crippen LogP contribution is 2.15. The first-order valence-electron chi connectivity index (χ1n) is 11.1. The Kier molecular flexibility index (Phi) is 11.6.